The molecule has 3 aliphatic carbocycles. The Morgan fingerprint density at radius 1 is 0.344 bits per heavy atom. The van der Waals surface area contributed by atoms with Gasteiger partial charge in [-0.3, -0.25) is 0 Å². The number of rotatable bonds is 4. The summed E-state index contributed by atoms with van der Waals surface area (Å²) >= 11 is 0. The number of fused-ring (bicyclic) bond motifs is 18. The third kappa shape index (κ3) is 4.59. The Morgan fingerprint density at radius 2 is 0.859 bits per heavy atom. The zero-order valence-corrected chi connectivity index (χ0v) is 35.6. The van der Waals surface area contributed by atoms with E-state index in [2.05, 4.69) is 225 Å². The molecule has 2 nitrogen and oxygen atoms in total. The molecule has 10 aromatic carbocycles. The van der Waals surface area contributed by atoms with Gasteiger partial charge >= 0.3 is 0 Å². The van der Waals surface area contributed by atoms with Crippen LogP contribution in [0.2, 0.25) is 0 Å². The van der Waals surface area contributed by atoms with Crippen LogP contribution >= 0.6 is 0 Å². The van der Waals surface area contributed by atoms with Crippen LogP contribution in [0.4, 0.5) is 17.1 Å². The molecule has 1 heterocycles. The van der Waals surface area contributed by atoms with E-state index in [1.807, 2.05) is 6.07 Å². The minimum atomic E-state index is -0.452. The molecule has 3 aliphatic rings. The molecule has 0 saturated heterocycles. The maximum atomic E-state index is 6.44. The van der Waals surface area contributed by atoms with Crippen molar-refractivity contribution in [3.63, 3.8) is 0 Å². The summed E-state index contributed by atoms with van der Waals surface area (Å²) in [5.74, 6) is 0. The average Bonchev–Trinajstić information content (AvgIpc) is 4.04. The van der Waals surface area contributed by atoms with Crippen molar-refractivity contribution in [1.82, 2.24) is 0 Å². The lowest BCUT2D eigenvalue weighted by molar-refractivity contribution is 0.660. The van der Waals surface area contributed by atoms with Crippen molar-refractivity contribution < 1.29 is 4.42 Å². The lowest BCUT2D eigenvalue weighted by Gasteiger charge is -2.32. The van der Waals surface area contributed by atoms with Crippen molar-refractivity contribution in [1.29, 1.82) is 0 Å². The van der Waals surface area contributed by atoms with E-state index < -0.39 is 5.41 Å². The highest BCUT2D eigenvalue weighted by molar-refractivity contribution is 6.23. The van der Waals surface area contributed by atoms with Gasteiger partial charge in [0.25, 0.3) is 0 Å². The van der Waals surface area contributed by atoms with Gasteiger partial charge in [0.15, 0.2) is 0 Å². The van der Waals surface area contributed by atoms with E-state index in [0.717, 1.165) is 44.6 Å². The average molecular weight is 816 g/mol. The molecule has 0 bridgehead atoms. The second-order valence-corrected chi connectivity index (χ2v) is 18.3. The van der Waals surface area contributed by atoms with Crippen LogP contribution in [-0.2, 0) is 10.8 Å². The summed E-state index contributed by atoms with van der Waals surface area (Å²) in [5.41, 5.74) is 22.8. The summed E-state index contributed by atoms with van der Waals surface area (Å²) in [6, 6.07) is 79.1. The third-order valence-corrected chi connectivity index (χ3v) is 14.9. The molecule has 0 saturated carbocycles. The summed E-state index contributed by atoms with van der Waals surface area (Å²) in [7, 11) is 0. The van der Waals surface area contributed by atoms with Crippen LogP contribution < -0.4 is 4.90 Å². The van der Waals surface area contributed by atoms with Gasteiger partial charge in [0.1, 0.15) is 11.2 Å². The van der Waals surface area contributed by atoms with E-state index in [1.54, 1.807) is 0 Å². The first-order chi connectivity index (χ1) is 31.5. The first-order valence-corrected chi connectivity index (χ1v) is 22.4. The molecule has 0 atom stereocenters. The van der Waals surface area contributed by atoms with Crippen LogP contribution in [0, 0.1) is 0 Å². The van der Waals surface area contributed by atoms with Crippen molar-refractivity contribution >= 4 is 49.8 Å². The van der Waals surface area contributed by atoms with Crippen LogP contribution in [-0.4, -0.2) is 0 Å². The molecular formula is C62H41NO. The second kappa shape index (κ2) is 12.8. The van der Waals surface area contributed by atoms with E-state index in [1.165, 1.54) is 83.1 Å². The molecule has 0 unspecified atom stereocenters. The van der Waals surface area contributed by atoms with Crippen LogP contribution in [0.1, 0.15) is 47.2 Å². The minimum absolute atomic E-state index is 0.155. The largest absolute Gasteiger partial charge is 0.456 e. The number of para-hydroxylation sites is 1. The molecule has 0 amide bonds. The van der Waals surface area contributed by atoms with Gasteiger partial charge in [0.2, 0.25) is 0 Å². The molecule has 14 rings (SSSR count). The van der Waals surface area contributed by atoms with Gasteiger partial charge in [0, 0.05) is 38.6 Å². The maximum absolute atomic E-state index is 6.44. The van der Waals surface area contributed by atoms with E-state index >= 15 is 0 Å². The molecule has 1 spiro atoms. The van der Waals surface area contributed by atoms with Gasteiger partial charge in [-0.25, -0.2) is 0 Å². The Labute approximate surface area is 372 Å². The molecule has 300 valence electrons. The number of benzene rings is 10. The van der Waals surface area contributed by atoms with E-state index in [0.29, 0.717) is 0 Å². The normalized spacial score (nSPS) is 14.3. The zero-order valence-electron chi connectivity index (χ0n) is 35.6. The summed E-state index contributed by atoms with van der Waals surface area (Å²) in [6.07, 6.45) is 0. The SMILES string of the molecule is CC1(C)c2ccccc2-c2ccc(N(c3cccc(-c4cccc5ccc6oc7ccccc7c6c45)c3)c3ccc4c(c3)C3(c5ccccc5-c5ccccc53)c3ccccc3-4)cc21. The van der Waals surface area contributed by atoms with Gasteiger partial charge in [-0.15, -0.1) is 0 Å². The minimum Gasteiger partial charge on any atom is -0.456 e. The molecule has 0 fully saturated rings. The quantitative estimate of drug-likeness (QED) is 0.176. The summed E-state index contributed by atoms with van der Waals surface area (Å²) in [4.78, 5) is 2.50. The van der Waals surface area contributed by atoms with Crippen molar-refractivity contribution in [2.24, 2.45) is 0 Å². The fourth-order valence-electron chi connectivity index (χ4n) is 12.1. The van der Waals surface area contributed by atoms with Crippen LogP contribution in [0.5, 0.6) is 0 Å². The molecule has 0 N–H and O–H groups in total. The van der Waals surface area contributed by atoms with Crippen LogP contribution in [0.3, 0.4) is 0 Å². The summed E-state index contributed by atoms with van der Waals surface area (Å²) in [6.45, 7) is 4.75. The predicted molar refractivity (Wildman–Crippen MR) is 265 cm³/mol. The van der Waals surface area contributed by atoms with E-state index in [4.69, 9.17) is 4.42 Å². The lowest BCUT2D eigenvalue weighted by atomic mass is 9.70. The summed E-state index contributed by atoms with van der Waals surface area (Å²) < 4.78 is 6.44. The first-order valence-electron chi connectivity index (χ1n) is 22.4. The zero-order chi connectivity index (χ0) is 42.3. The Balaban J connectivity index is 1.03. The molecular weight excluding hydrogens is 775 g/mol. The second-order valence-electron chi connectivity index (χ2n) is 18.3. The molecule has 1 aromatic heterocycles. The third-order valence-electron chi connectivity index (χ3n) is 14.9. The Bertz CT molecular complexity index is 3730. The van der Waals surface area contributed by atoms with Gasteiger partial charge in [-0.05, 0) is 132 Å². The van der Waals surface area contributed by atoms with Crippen molar-refractivity contribution in [3.8, 4) is 44.5 Å². The highest BCUT2D eigenvalue weighted by Gasteiger charge is 2.51. The van der Waals surface area contributed by atoms with Gasteiger partial charge in [0.05, 0.1) is 5.41 Å². The first kappa shape index (κ1) is 35.6. The van der Waals surface area contributed by atoms with Crippen LogP contribution in [0.15, 0.2) is 217 Å². The van der Waals surface area contributed by atoms with Gasteiger partial charge in [-0.1, -0.05) is 178 Å². The maximum Gasteiger partial charge on any atom is 0.136 e. The smallest absolute Gasteiger partial charge is 0.136 e. The number of hydrogen-bond donors (Lipinski definition) is 0. The standard InChI is InChI=1S/C62H41NO/c1-61(2)51-24-8-3-18-44(51)48-32-30-41(36-55(48)61)63(40-17-13-16-39(35-40)43-23-14-15-38-29-34-58-60(59(38)43)50-22-7-12-28-57(50)64-58)42-31-33-49-47-21-6-11-27-54(47)62(56(49)37-42)52-25-9-4-19-45(52)46-20-5-10-26-53(46)62/h3-37H,1-2H3. The fraction of sp³-hybridized carbons (Fsp3) is 0.0645. The number of anilines is 3. The molecule has 2 heteroatoms. The Kier molecular flexibility index (Phi) is 7.13. The lowest BCUT2D eigenvalue weighted by Crippen LogP contribution is -2.26. The Morgan fingerprint density at radius 3 is 1.55 bits per heavy atom. The highest BCUT2D eigenvalue weighted by atomic mass is 16.3. The Hall–Kier alpha value is -7.94. The van der Waals surface area contributed by atoms with Crippen LogP contribution in [0.25, 0.3) is 77.2 Å². The van der Waals surface area contributed by atoms with E-state index in [9.17, 15) is 0 Å². The number of nitrogens with zero attached hydrogens (tertiary/aromatic N) is 1. The summed E-state index contributed by atoms with van der Waals surface area (Å²) in [5, 5.41) is 4.70. The fourth-order valence-corrected chi connectivity index (χ4v) is 12.1. The van der Waals surface area contributed by atoms with Gasteiger partial charge in [-0.2, -0.15) is 0 Å². The van der Waals surface area contributed by atoms with Gasteiger partial charge < -0.3 is 9.32 Å². The molecule has 64 heavy (non-hydrogen) atoms. The predicted octanol–water partition coefficient (Wildman–Crippen LogP) is 16.5. The topological polar surface area (TPSA) is 16.4 Å². The van der Waals surface area contributed by atoms with E-state index in [-0.39, 0.29) is 5.41 Å². The molecule has 0 aliphatic heterocycles. The number of hydrogen-bond acceptors (Lipinski definition) is 2. The van der Waals surface area contributed by atoms with Crippen molar-refractivity contribution in [2.45, 2.75) is 24.7 Å². The van der Waals surface area contributed by atoms with Crippen molar-refractivity contribution in [2.75, 3.05) is 4.90 Å². The monoisotopic (exact) mass is 815 g/mol. The van der Waals surface area contributed by atoms with Crippen molar-refractivity contribution in [3.05, 3.63) is 246 Å². The molecule has 11 aromatic rings. The number of furan rings is 1. The highest BCUT2D eigenvalue weighted by Crippen LogP contribution is 2.63. The molecule has 0 radical (unpaired) electrons.